The molecule has 0 aromatic rings. The molecule has 82 valence electrons. The van der Waals surface area contributed by atoms with Crippen molar-refractivity contribution in [3.63, 3.8) is 0 Å². The lowest BCUT2D eigenvalue weighted by molar-refractivity contribution is -0.122. The number of hydrogen-bond acceptors (Lipinski definition) is 3. The first-order valence-electron chi connectivity index (χ1n) is 5.09. The van der Waals surface area contributed by atoms with E-state index in [0.29, 0.717) is 13.0 Å². The summed E-state index contributed by atoms with van der Waals surface area (Å²) in [6, 6.07) is 0. The second-order valence-electron chi connectivity index (χ2n) is 4.03. The molecule has 0 radical (unpaired) electrons. The van der Waals surface area contributed by atoms with Crippen LogP contribution in [-0.4, -0.2) is 31.9 Å². The predicted molar refractivity (Wildman–Crippen MR) is 59.6 cm³/mol. The second-order valence-corrected chi connectivity index (χ2v) is 4.35. The maximum absolute atomic E-state index is 11.4. The molecule has 4 heteroatoms. The molecule has 1 N–H and O–H groups in total. The van der Waals surface area contributed by atoms with E-state index in [1.54, 1.807) is 7.11 Å². The standard InChI is InChI=1S/C10H19NO2S/c1-13-6-2-5-11-9(12)7-10(8-14)3-4-10/h14H,2-8H2,1H3,(H,11,12). The molecule has 1 amide bonds. The fourth-order valence-electron chi connectivity index (χ4n) is 1.41. The van der Waals surface area contributed by atoms with Crippen LogP contribution in [-0.2, 0) is 9.53 Å². The minimum atomic E-state index is 0.160. The van der Waals surface area contributed by atoms with Crippen molar-refractivity contribution in [2.45, 2.75) is 25.7 Å². The topological polar surface area (TPSA) is 38.3 Å². The van der Waals surface area contributed by atoms with Crippen molar-refractivity contribution in [1.29, 1.82) is 0 Å². The molecule has 1 saturated carbocycles. The van der Waals surface area contributed by atoms with Crippen molar-refractivity contribution in [1.82, 2.24) is 5.32 Å². The van der Waals surface area contributed by atoms with Crippen molar-refractivity contribution in [3.8, 4) is 0 Å². The first kappa shape index (κ1) is 11.9. The number of thiol groups is 1. The van der Waals surface area contributed by atoms with E-state index >= 15 is 0 Å². The van der Waals surface area contributed by atoms with Crippen molar-refractivity contribution < 1.29 is 9.53 Å². The van der Waals surface area contributed by atoms with E-state index in [1.165, 1.54) is 0 Å². The fraction of sp³-hybridized carbons (Fsp3) is 0.900. The number of amides is 1. The monoisotopic (exact) mass is 217 g/mol. The number of hydrogen-bond donors (Lipinski definition) is 2. The Morgan fingerprint density at radius 3 is 2.79 bits per heavy atom. The molecular weight excluding hydrogens is 198 g/mol. The third kappa shape index (κ3) is 3.88. The van der Waals surface area contributed by atoms with E-state index in [4.69, 9.17) is 4.74 Å². The van der Waals surface area contributed by atoms with Crippen LogP contribution < -0.4 is 5.32 Å². The zero-order valence-electron chi connectivity index (χ0n) is 8.71. The molecular formula is C10H19NO2S. The minimum absolute atomic E-state index is 0.160. The predicted octanol–water partition coefficient (Wildman–Crippen LogP) is 1.24. The van der Waals surface area contributed by atoms with Crippen molar-refractivity contribution in [2.75, 3.05) is 26.0 Å². The third-order valence-electron chi connectivity index (χ3n) is 2.68. The van der Waals surface area contributed by atoms with E-state index in [0.717, 1.165) is 31.6 Å². The number of methoxy groups -OCH3 is 1. The molecule has 0 bridgehead atoms. The molecule has 0 atom stereocenters. The van der Waals surface area contributed by atoms with Gasteiger partial charge in [-0.15, -0.1) is 0 Å². The van der Waals surface area contributed by atoms with Gasteiger partial charge in [-0.1, -0.05) is 0 Å². The number of nitrogens with one attached hydrogen (secondary N) is 1. The number of rotatable bonds is 7. The van der Waals surface area contributed by atoms with E-state index in [9.17, 15) is 4.79 Å². The summed E-state index contributed by atoms with van der Waals surface area (Å²) in [6.45, 7) is 1.42. The highest BCUT2D eigenvalue weighted by Crippen LogP contribution is 2.49. The Bertz CT molecular complexity index is 193. The highest BCUT2D eigenvalue weighted by Gasteiger charge is 2.42. The summed E-state index contributed by atoms with van der Waals surface area (Å²) in [5.74, 6) is 0.992. The second kappa shape index (κ2) is 5.61. The van der Waals surface area contributed by atoms with Gasteiger partial charge in [0.25, 0.3) is 0 Å². The minimum Gasteiger partial charge on any atom is -0.385 e. The van der Waals surface area contributed by atoms with Gasteiger partial charge in [0, 0.05) is 26.7 Å². The zero-order chi connectivity index (χ0) is 10.4. The number of carbonyl (C=O) groups is 1. The lowest BCUT2D eigenvalue weighted by Crippen LogP contribution is -2.28. The summed E-state index contributed by atoms with van der Waals surface area (Å²) in [7, 11) is 1.67. The average Bonchev–Trinajstić information content (AvgIpc) is 2.93. The van der Waals surface area contributed by atoms with E-state index in [1.807, 2.05) is 0 Å². The maximum Gasteiger partial charge on any atom is 0.220 e. The molecule has 0 aromatic carbocycles. The Labute approximate surface area is 91.0 Å². The molecule has 0 aromatic heterocycles. The molecule has 0 saturated heterocycles. The summed E-state index contributed by atoms with van der Waals surface area (Å²) in [4.78, 5) is 11.4. The summed E-state index contributed by atoms with van der Waals surface area (Å²) in [5, 5.41) is 2.90. The highest BCUT2D eigenvalue weighted by atomic mass is 32.1. The Morgan fingerprint density at radius 1 is 1.57 bits per heavy atom. The van der Waals surface area contributed by atoms with E-state index in [-0.39, 0.29) is 11.3 Å². The summed E-state index contributed by atoms with van der Waals surface area (Å²) in [6.07, 6.45) is 3.84. The van der Waals surface area contributed by atoms with Gasteiger partial charge in [-0.25, -0.2) is 0 Å². The molecule has 1 aliphatic rings. The Hall–Kier alpha value is -0.220. The summed E-state index contributed by atoms with van der Waals surface area (Å²) < 4.78 is 4.89. The van der Waals surface area contributed by atoms with Crippen LogP contribution in [0.25, 0.3) is 0 Å². The normalized spacial score (nSPS) is 17.9. The van der Waals surface area contributed by atoms with Crippen LogP contribution >= 0.6 is 12.6 Å². The molecule has 0 unspecified atom stereocenters. The van der Waals surface area contributed by atoms with Gasteiger partial charge >= 0.3 is 0 Å². The van der Waals surface area contributed by atoms with E-state index < -0.39 is 0 Å². The van der Waals surface area contributed by atoms with Gasteiger partial charge < -0.3 is 10.1 Å². The smallest absolute Gasteiger partial charge is 0.220 e. The van der Waals surface area contributed by atoms with Gasteiger partial charge in [0.1, 0.15) is 0 Å². The molecule has 0 heterocycles. The zero-order valence-corrected chi connectivity index (χ0v) is 9.61. The molecule has 1 rings (SSSR count). The Morgan fingerprint density at radius 2 is 2.29 bits per heavy atom. The fourth-order valence-corrected chi connectivity index (χ4v) is 1.84. The highest BCUT2D eigenvalue weighted by molar-refractivity contribution is 7.80. The lowest BCUT2D eigenvalue weighted by atomic mass is 10.1. The van der Waals surface area contributed by atoms with Gasteiger partial charge in [0.05, 0.1) is 0 Å². The molecule has 3 nitrogen and oxygen atoms in total. The molecule has 1 fully saturated rings. The molecule has 1 aliphatic carbocycles. The van der Waals surface area contributed by atoms with E-state index in [2.05, 4.69) is 17.9 Å². The molecule has 0 aliphatic heterocycles. The number of carbonyl (C=O) groups excluding carboxylic acids is 1. The van der Waals surface area contributed by atoms with Crippen LogP contribution in [0.3, 0.4) is 0 Å². The Kier molecular flexibility index (Phi) is 4.75. The third-order valence-corrected chi connectivity index (χ3v) is 3.35. The van der Waals surface area contributed by atoms with Crippen LogP contribution in [0.5, 0.6) is 0 Å². The van der Waals surface area contributed by atoms with Crippen molar-refractivity contribution in [3.05, 3.63) is 0 Å². The first-order valence-corrected chi connectivity index (χ1v) is 5.72. The van der Waals surface area contributed by atoms with Gasteiger partial charge in [-0.3, -0.25) is 4.79 Å². The van der Waals surface area contributed by atoms with Crippen LogP contribution in [0, 0.1) is 5.41 Å². The Balaban J connectivity index is 2.04. The van der Waals surface area contributed by atoms with Crippen LogP contribution in [0.1, 0.15) is 25.7 Å². The quantitative estimate of drug-likeness (QED) is 0.497. The first-order chi connectivity index (χ1) is 6.72. The lowest BCUT2D eigenvalue weighted by Gasteiger charge is -2.11. The summed E-state index contributed by atoms with van der Waals surface area (Å²) in [5.41, 5.74) is 0.231. The van der Waals surface area contributed by atoms with Crippen LogP contribution in [0.15, 0.2) is 0 Å². The van der Waals surface area contributed by atoms with Crippen LogP contribution in [0.2, 0.25) is 0 Å². The number of ether oxygens (including phenoxy) is 1. The average molecular weight is 217 g/mol. The van der Waals surface area contributed by atoms with Gasteiger partial charge in [-0.05, 0) is 30.4 Å². The van der Waals surface area contributed by atoms with Gasteiger partial charge in [0.15, 0.2) is 0 Å². The SMILES string of the molecule is COCCCNC(=O)CC1(CS)CC1. The molecule has 14 heavy (non-hydrogen) atoms. The molecule has 0 spiro atoms. The largest absolute Gasteiger partial charge is 0.385 e. The van der Waals surface area contributed by atoms with Gasteiger partial charge in [-0.2, -0.15) is 12.6 Å². The van der Waals surface area contributed by atoms with Crippen LogP contribution in [0.4, 0.5) is 0 Å². The van der Waals surface area contributed by atoms with Crippen molar-refractivity contribution in [2.24, 2.45) is 5.41 Å². The van der Waals surface area contributed by atoms with Crippen molar-refractivity contribution >= 4 is 18.5 Å². The summed E-state index contributed by atoms with van der Waals surface area (Å²) >= 11 is 4.26. The van der Waals surface area contributed by atoms with Gasteiger partial charge in [0.2, 0.25) is 5.91 Å². The maximum atomic E-state index is 11.4.